The first-order valence-electron chi connectivity index (χ1n) is 11.1. The minimum absolute atomic E-state index is 0.135. The standard InChI is InChI=1S/C25H24N4O5S/c1-3-4-22-28-29-23(31)13-19(27-25(29)35-22)14-34-24(32)17-7-9-18(10-8-17)26-21(30)15-33-20-11-5-16(2)6-12-20/h5-13H,3-4,14-15H2,1-2H3,(H,26,30). The molecule has 4 aromatic rings. The Labute approximate surface area is 205 Å². The highest BCUT2D eigenvalue weighted by Crippen LogP contribution is 2.15. The summed E-state index contributed by atoms with van der Waals surface area (Å²) in [5, 5.41) is 7.81. The summed E-state index contributed by atoms with van der Waals surface area (Å²) >= 11 is 1.35. The van der Waals surface area contributed by atoms with Crippen LogP contribution >= 0.6 is 11.3 Å². The van der Waals surface area contributed by atoms with Gasteiger partial charge in [0.05, 0.1) is 11.3 Å². The molecule has 0 atom stereocenters. The number of carbonyl (C=O) groups excluding carboxylic acids is 2. The molecule has 1 amide bonds. The van der Waals surface area contributed by atoms with Crippen molar-refractivity contribution < 1.29 is 19.1 Å². The lowest BCUT2D eigenvalue weighted by molar-refractivity contribution is -0.118. The van der Waals surface area contributed by atoms with Gasteiger partial charge in [-0.3, -0.25) is 9.59 Å². The minimum Gasteiger partial charge on any atom is -0.484 e. The lowest BCUT2D eigenvalue weighted by Crippen LogP contribution is -2.20. The first-order chi connectivity index (χ1) is 16.9. The normalized spacial score (nSPS) is 10.8. The van der Waals surface area contributed by atoms with E-state index in [1.54, 1.807) is 36.4 Å². The van der Waals surface area contributed by atoms with Gasteiger partial charge in [-0.2, -0.15) is 9.61 Å². The van der Waals surface area contributed by atoms with Gasteiger partial charge in [0.15, 0.2) is 6.61 Å². The molecule has 35 heavy (non-hydrogen) atoms. The Bertz CT molecular complexity index is 1390. The van der Waals surface area contributed by atoms with E-state index < -0.39 is 5.97 Å². The third-order valence-corrected chi connectivity index (χ3v) is 5.92. The molecule has 0 bridgehead atoms. The third kappa shape index (κ3) is 6.30. The molecule has 0 saturated heterocycles. The molecule has 9 nitrogen and oxygen atoms in total. The van der Waals surface area contributed by atoms with Crippen molar-refractivity contribution in [1.29, 1.82) is 0 Å². The minimum atomic E-state index is -0.566. The SMILES string of the molecule is CCCc1nn2c(=O)cc(COC(=O)c3ccc(NC(=O)COc4ccc(C)cc4)cc3)nc2s1. The number of rotatable bonds is 9. The maximum Gasteiger partial charge on any atom is 0.338 e. The van der Waals surface area contributed by atoms with Crippen molar-refractivity contribution in [3.63, 3.8) is 0 Å². The number of ether oxygens (including phenoxy) is 2. The Morgan fingerprint density at radius 3 is 2.54 bits per heavy atom. The van der Waals surface area contributed by atoms with Crippen molar-refractivity contribution in [1.82, 2.24) is 14.6 Å². The number of aromatic nitrogens is 3. The number of benzene rings is 2. The summed E-state index contributed by atoms with van der Waals surface area (Å²) in [7, 11) is 0. The molecule has 0 aliphatic heterocycles. The van der Waals surface area contributed by atoms with Gasteiger partial charge < -0.3 is 14.8 Å². The van der Waals surface area contributed by atoms with Crippen molar-refractivity contribution in [2.75, 3.05) is 11.9 Å². The lowest BCUT2D eigenvalue weighted by Gasteiger charge is -2.09. The van der Waals surface area contributed by atoms with Crippen LogP contribution in [0.15, 0.2) is 59.4 Å². The average Bonchev–Trinajstić information content (AvgIpc) is 3.26. The number of carbonyl (C=O) groups is 2. The fourth-order valence-corrected chi connectivity index (χ4v) is 4.20. The Morgan fingerprint density at radius 2 is 1.83 bits per heavy atom. The first-order valence-corrected chi connectivity index (χ1v) is 11.9. The molecule has 2 heterocycles. The monoisotopic (exact) mass is 492 g/mol. The summed E-state index contributed by atoms with van der Waals surface area (Å²) in [6.07, 6.45) is 1.69. The molecule has 2 aromatic carbocycles. The molecule has 2 aromatic heterocycles. The second-order valence-electron chi connectivity index (χ2n) is 7.83. The average molecular weight is 493 g/mol. The Hall–Kier alpha value is -4.05. The summed E-state index contributed by atoms with van der Waals surface area (Å²) in [4.78, 5) is 41.7. The van der Waals surface area contributed by atoms with Crippen molar-refractivity contribution in [2.45, 2.75) is 33.3 Å². The highest BCUT2D eigenvalue weighted by atomic mass is 32.1. The Balaban J connectivity index is 1.30. The molecule has 0 aliphatic carbocycles. The largest absolute Gasteiger partial charge is 0.484 e. The third-order valence-electron chi connectivity index (χ3n) is 4.95. The number of esters is 1. The number of fused-ring (bicyclic) bond motifs is 1. The molecule has 4 rings (SSSR count). The van der Waals surface area contributed by atoms with E-state index in [-0.39, 0.29) is 24.7 Å². The van der Waals surface area contributed by atoms with Gasteiger partial charge >= 0.3 is 5.97 Å². The topological polar surface area (TPSA) is 112 Å². The van der Waals surface area contributed by atoms with E-state index >= 15 is 0 Å². The zero-order valence-electron chi connectivity index (χ0n) is 19.3. The van der Waals surface area contributed by atoms with Gasteiger partial charge in [0.25, 0.3) is 11.5 Å². The van der Waals surface area contributed by atoms with Crippen LogP contribution < -0.4 is 15.6 Å². The van der Waals surface area contributed by atoms with E-state index in [1.165, 1.54) is 21.9 Å². The second kappa shape index (κ2) is 10.9. The van der Waals surface area contributed by atoms with Crippen LogP contribution in [0.25, 0.3) is 4.96 Å². The van der Waals surface area contributed by atoms with Crippen LogP contribution in [0.5, 0.6) is 5.75 Å². The number of nitrogens with one attached hydrogen (secondary N) is 1. The van der Waals surface area contributed by atoms with Crippen molar-refractivity contribution in [3.05, 3.63) is 86.8 Å². The highest BCUT2D eigenvalue weighted by molar-refractivity contribution is 7.16. The molecule has 0 saturated carbocycles. The number of hydrogen-bond acceptors (Lipinski definition) is 8. The summed E-state index contributed by atoms with van der Waals surface area (Å²) < 4.78 is 12.0. The zero-order valence-corrected chi connectivity index (χ0v) is 20.1. The Morgan fingerprint density at radius 1 is 1.09 bits per heavy atom. The van der Waals surface area contributed by atoms with E-state index in [0.29, 0.717) is 27.7 Å². The molecule has 10 heteroatoms. The molecule has 0 fully saturated rings. The van der Waals surface area contributed by atoms with Gasteiger partial charge in [0.2, 0.25) is 4.96 Å². The molecule has 0 spiro atoms. The fraction of sp³-hybridized carbons (Fsp3) is 0.240. The van der Waals surface area contributed by atoms with E-state index in [4.69, 9.17) is 9.47 Å². The van der Waals surface area contributed by atoms with Gasteiger partial charge in [-0.05, 0) is 49.7 Å². The molecular formula is C25H24N4O5S. The quantitative estimate of drug-likeness (QED) is 0.354. The van der Waals surface area contributed by atoms with E-state index in [0.717, 1.165) is 23.4 Å². The van der Waals surface area contributed by atoms with Crippen molar-refractivity contribution in [3.8, 4) is 5.75 Å². The number of hydrogen-bond donors (Lipinski definition) is 1. The predicted octanol–water partition coefficient (Wildman–Crippen LogP) is 3.79. The zero-order chi connectivity index (χ0) is 24.8. The summed E-state index contributed by atoms with van der Waals surface area (Å²) in [6.45, 7) is 3.73. The van der Waals surface area contributed by atoms with Crippen molar-refractivity contribution in [2.24, 2.45) is 0 Å². The van der Waals surface area contributed by atoms with Gasteiger partial charge in [-0.15, -0.1) is 0 Å². The number of amides is 1. The van der Waals surface area contributed by atoms with E-state index in [9.17, 15) is 14.4 Å². The van der Waals surface area contributed by atoms with Gasteiger partial charge in [-0.25, -0.2) is 9.78 Å². The number of nitrogens with zero attached hydrogens (tertiary/aromatic N) is 3. The molecule has 180 valence electrons. The van der Waals surface area contributed by atoms with Gasteiger partial charge in [-0.1, -0.05) is 36.0 Å². The summed E-state index contributed by atoms with van der Waals surface area (Å²) in [6, 6.07) is 15.0. The maximum absolute atomic E-state index is 12.4. The van der Waals surface area contributed by atoms with Crippen LogP contribution in [0.2, 0.25) is 0 Å². The van der Waals surface area contributed by atoms with Gasteiger partial charge in [0, 0.05) is 18.2 Å². The van der Waals surface area contributed by atoms with Crippen LogP contribution in [0.4, 0.5) is 5.69 Å². The molecular weight excluding hydrogens is 468 g/mol. The molecule has 1 N–H and O–H groups in total. The molecule has 0 aliphatic rings. The van der Waals surface area contributed by atoms with Crippen LogP contribution in [-0.4, -0.2) is 33.1 Å². The number of aryl methyl sites for hydroxylation is 2. The first kappa shape index (κ1) is 24.1. The summed E-state index contributed by atoms with van der Waals surface area (Å²) in [5.74, 6) is -0.278. The van der Waals surface area contributed by atoms with Crippen molar-refractivity contribution >= 4 is 33.9 Å². The highest BCUT2D eigenvalue weighted by Gasteiger charge is 2.12. The molecule has 0 unspecified atom stereocenters. The van der Waals surface area contributed by atoms with Crippen LogP contribution in [-0.2, 0) is 22.6 Å². The van der Waals surface area contributed by atoms with Crippen LogP contribution in [0.3, 0.4) is 0 Å². The predicted molar refractivity (Wildman–Crippen MR) is 132 cm³/mol. The molecule has 0 radical (unpaired) electrons. The smallest absolute Gasteiger partial charge is 0.338 e. The fourth-order valence-electron chi connectivity index (χ4n) is 3.18. The summed E-state index contributed by atoms with van der Waals surface area (Å²) in [5.41, 5.74) is 1.97. The lowest BCUT2D eigenvalue weighted by atomic mass is 10.2. The Kier molecular flexibility index (Phi) is 7.51. The maximum atomic E-state index is 12.4. The van der Waals surface area contributed by atoms with E-state index in [1.807, 2.05) is 26.0 Å². The van der Waals surface area contributed by atoms with Crippen LogP contribution in [0, 0.1) is 6.92 Å². The number of anilines is 1. The second-order valence-corrected chi connectivity index (χ2v) is 8.87. The van der Waals surface area contributed by atoms with Gasteiger partial charge in [0.1, 0.15) is 17.4 Å². The van der Waals surface area contributed by atoms with Crippen LogP contribution in [0.1, 0.15) is 40.0 Å². The van der Waals surface area contributed by atoms with E-state index in [2.05, 4.69) is 15.4 Å².